The largest absolute Gasteiger partial charge is 0.465 e. The second-order valence-corrected chi connectivity index (χ2v) is 6.04. The minimum absolute atomic E-state index is 0.0590. The first-order valence-electron chi connectivity index (χ1n) is 4.89. The lowest BCUT2D eigenvalue weighted by Gasteiger charge is -2.13. The van der Waals surface area contributed by atoms with Crippen LogP contribution < -0.4 is 0 Å². The van der Waals surface area contributed by atoms with Gasteiger partial charge in [0, 0.05) is 6.54 Å². The number of hydrogen-bond acceptors (Lipinski definition) is 6. The molecule has 0 bridgehead atoms. The number of thiophene rings is 1. The second kappa shape index (κ2) is 4.73. The SMILES string of the molecule is COC(=O)c1sccc1S(=O)(=O)N1CCCO1. The summed E-state index contributed by atoms with van der Waals surface area (Å²) in [5.41, 5.74) is 0. The van der Waals surface area contributed by atoms with Crippen molar-refractivity contribution >= 4 is 27.3 Å². The second-order valence-electron chi connectivity index (χ2n) is 3.32. The van der Waals surface area contributed by atoms with E-state index >= 15 is 0 Å². The number of hydrogen-bond donors (Lipinski definition) is 0. The number of carbonyl (C=O) groups excluding carboxylic acids is 1. The van der Waals surface area contributed by atoms with E-state index in [9.17, 15) is 13.2 Å². The van der Waals surface area contributed by atoms with Gasteiger partial charge >= 0.3 is 5.97 Å². The van der Waals surface area contributed by atoms with Crippen LogP contribution in [0.3, 0.4) is 0 Å². The van der Waals surface area contributed by atoms with Gasteiger partial charge < -0.3 is 4.74 Å². The van der Waals surface area contributed by atoms with Crippen LogP contribution in [0.4, 0.5) is 0 Å². The van der Waals surface area contributed by atoms with Crippen LogP contribution in [0.5, 0.6) is 0 Å². The maximum atomic E-state index is 12.1. The first-order valence-corrected chi connectivity index (χ1v) is 7.21. The van der Waals surface area contributed by atoms with E-state index in [-0.39, 0.29) is 9.77 Å². The summed E-state index contributed by atoms with van der Waals surface area (Å²) in [4.78, 5) is 16.4. The summed E-state index contributed by atoms with van der Waals surface area (Å²) < 4.78 is 29.7. The van der Waals surface area contributed by atoms with Crippen molar-refractivity contribution in [1.29, 1.82) is 0 Å². The highest BCUT2D eigenvalue weighted by atomic mass is 32.2. The van der Waals surface area contributed by atoms with Gasteiger partial charge in [-0.25, -0.2) is 13.2 Å². The molecule has 1 aromatic rings. The van der Waals surface area contributed by atoms with Gasteiger partial charge in [-0.1, -0.05) is 4.47 Å². The molecule has 0 atom stereocenters. The molecule has 0 N–H and O–H groups in total. The van der Waals surface area contributed by atoms with Gasteiger partial charge in [-0.3, -0.25) is 4.84 Å². The van der Waals surface area contributed by atoms with Gasteiger partial charge in [-0.05, 0) is 17.9 Å². The number of hydroxylamine groups is 1. The topological polar surface area (TPSA) is 72.9 Å². The van der Waals surface area contributed by atoms with E-state index in [1.165, 1.54) is 18.6 Å². The molecule has 6 nitrogen and oxygen atoms in total. The molecule has 1 aromatic heterocycles. The van der Waals surface area contributed by atoms with E-state index < -0.39 is 16.0 Å². The van der Waals surface area contributed by atoms with Crippen molar-refractivity contribution in [3.8, 4) is 0 Å². The van der Waals surface area contributed by atoms with Crippen LogP contribution in [-0.4, -0.2) is 39.1 Å². The zero-order chi connectivity index (χ0) is 12.5. The fourth-order valence-corrected chi connectivity index (χ4v) is 4.08. The highest BCUT2D eigenvalue weighted by Gasteiger charge is 2.33. The summed E-state index contributed by atoms with van der Waals surface area (Å²) in [6.07, 6.45) is 0.650. The molecule has 2 rings (SSSR count). The lowest BCUT2D eigenvalue weighted by atomic mass is 10.5. The average molecular weight is 277 g/mol. The number of ether oxygens (including phenoxy) is 1. The fourth-order valence-electron chi connectivity index (χ4n) is 1.47. The van der Waals surface area contributed by atoms with Crippen molar-refractivity contribution in [1.82, 2.24) is 4.47 Å². The first kappa shape index (κ1) is 12.5. The minimum Gasteiger partial charge on any atom is -0.465 e. The number of nitrogens with zero attached hydrogens (tertiary/aromatic N) is 1. The van der Waals surface area contributed by atoms with Crippen LogP contribution in [-0.2, 0) is 19.6 Å². The van der Waals surface area contributed by atoms with E-state index in [0.717, 1.165) is 15.8 Å². The van der Waals surface area contributed by atoms with Crippen molar-refractivity contribution in [2.45, 2.75) is 11.3 Å². The van der Waals surface area contributed by atoms with Gasteiger partial charge in [-0.2, -0.15) is 0 Å². The molecule has 0 saturated carbocycles. The van der Waals surface area contributed by atoms with E-state index in [1.807, 2.05) is 0 Å². The number of esters is 1. The number of sulfonamides is 1. The van der Waals surface area contributed by atoms with E-state index in [1.54, 1.807) is 0 Å². The lowest BCUT2D eigenvalue weighted by Crippen LogP contribution is -2.27. The standard InChI is InChI=1S/C9H11NO5S2/c1-14-9(11)8-7(3-6-16-8)17(12,13)10-4-2-5-15-10/h3,6H,2,4-5H2,1H3. The number of carbonyl (C=O) groups is 1. The molecule has 0 unspecified atom stereocenters. The normalized spacial score (nSPS) is 17.2. The third-order valence-corrected chi connectivity index (χ3v) is 5.01. The van der Waals surface area contributed by atoms with Crippen LogP contribution in [0.1, 0.15) is 16.1 Å². The van der Waals surface area contributed by atoms with E-state index in [4.69, 9.17) is 4.84 Å². The quantitative estimate of drug-likeness (QED) is 0.766. The third-order valence-electron chi connectivity index (χ3n) is 2.27. The molecule has 8 heteroatoms. The van der Waals surface area contributed by atoms with Crippen molar-refractivity contribution in [3.63, 3.8) is 0 Å². The molecule has 1 aliphatic heterocycles. The summed E-state index contributed by atoms with van der Waals surface area (Å²) in [7, 11) is -2.55. The van der Waals surface area contributed by atoms with Crippen LogP contribution in [0.2, 0.25) is 0 Å². The summed E-state index contributed by atoms with van der Waals surface area (Å²) in [6.45, 7) is 0.676. The Bertz CT molecular complexity index is 515. The van der Waals surface area contributed by atoms with Gasteiger partial charge in [0.1, 0.15) is 9.77 Å². The fraction of sp³-hybridized carbons (Fsp3) is 0.444. The highest BCUT2D eigenvalue weighted by molar-refractivity contribution is 7.89. The van der Waals surface area contributed by atoms with Crippen LogP contribution in [0.25, 0.3) is 0 Å². The van der Waals surface area contributed by atoms with Gasteiger partial charge in [0.05, 0.1) is 13.7 Å². The van der Waals surface area contributed by atoms with Crippen molar-refractivity contribution < 1.29 is 22.8 Å². The van der Waals surface area contributed by atoms with Crippen LogP contribution in [0.15, 0.2) is 16.3 Å². The summed E-state index contributed by atoms with van der Waals surface area (Å²) in [6, 6.07) is 1.38. The number of methoxy groups -OCH3 is 1. The highest BCUT2D eigenvalue weighted by Crippen LogP contribution is 2.27. The molecule has 0 radical (unpaired) electrons. The zero-order valence-electron chi connectivity index (χ0n) is 9.08. The molecule has 1 aliphatic rings. The minimum atomic E-state index is -3.76. The maximum Gasteiger partial charge on any atom is 0.349 e. The van der Waals surface area contributed by atoms with Crippen molar-refractivity contribution in [3.05, 3.63) is 16.3 Å². The molecule has 1 saturated heterocycles. The Morgan fingerprint density at radius 2 is 2.35 bits per heavy atom. The van der Waals surface area contributed by atoms with Crippen molar-refractivity contribution in [2.24, 2.45) is 0 Å². The van der Waals surface area contributed by atoms with Gasteiger partial charge in [0.15, 0.2) is 0 Å². The predicted molar refractivity (Wildman–Crippen MR) is 60.1 cm³/mol. The molecule has 0 aromatic carbocycles. The Balaban J connectivity index is 2.39. The van der Waals surface area contributed by atoms with Gasteiger partial charge in [0.2, 0.25) is 0 Å². The molecule has 0 spiro atoms. The lowest BCUT2D eigenvalue weighted by molar-refractivity contribution is -0.0284. The molecule has 2 heterocycles. The maximum absolute atomic E-state index is 12.1. The Labute approximate surface area is 103 Å². The molecule has 17 heavy (non-hydrogen) atoms. The summed E-state index contributed by atoms with van der Waals surface area (Å²) >= 11 is 1.03. The smallest absolute Gasteiger partial charge is 0.349 e. The zero-order valence-corrected chi connectivity index (χ0v) is 10.7. The predicted octanol–water partition coefficient (Wildman–Crippen LogP) is 0.861. The van der Waals surface area contributed by atoms with E-state index in [2.05, 4.69) is 4.74 Å². The van der Waals surface area contributed by atoms with Gasteiger partial charge in [0.25, 0.3) is 10.0 Å². The van der Waals surface area contributed by atoms with E-state index in [0.29, 0.717) is 19.6 Å². The van der Waals surface area contributed by atoms with Crippen LogP contribution in [0, 0.1) is 0 Å². The molecule has 0 amide bonds. The average Bonchev–Trinajstić information content (AvgIpc) is 2.98. The molecule has 0 aliphatic carbocycles. The molecular formula is C9H11NO5S2. The van der Waals surface area contributed by atoms with Crippen LogP contribution >= 0.6 is 11.3 Å². The van der Waals surface area contributed by atoms with Crippen molar-refractivity contribution in [2.75, 3.05) is 20.3 Å². The Hall–Kier alpha value is -0.960. The molecule has 94 valence electrons. The first-order chi connectivity index (χ1) is 8.07. The number of rotatable bonds is 3. The monoisotopic (exact) mass is 277 g/mol. The summed E-state index contributed by atoms with van der Waals surface area (Å²) in [5.74, 6) is -0.655. The molecule has 1 fully saturated rings. The molecular weight excluding hydrogens is 266 g/mol. The Morgan fingerprint density at radius 3 is 2.94 bits per heavy atom. The van der Waals surface area contributed by atoms with Gasteiger partial charge in [-0.15, -0.1) is 11.3 Å². The third kappa shape index (κ3) is 2.21. The Kier molecular flexibility index (Phi) is 3.48. The summed E-state index contributed by atoms with van der Waals surface area (Å²) in [5, 5.41) is 1.54. The Morgan fingerprint density at radius 1 is 1.59 bits per heavy atom.